The Labute approximate surface area is 538 Å². The van der Waals surface area contributed by atoms with Crippen molar-refractivity contribution in [3.8, 4) is 0 Å². The Bertz CT molecular complexity index is 1700. The smallest absolute Gasteiger partial charge is 0.361 e. The Morgan fingerprint density at radius 2 is 0.655 bits per heavy atom. The van der Waals surface area contributed by atoms with Crippen LogP contribution in [-0.2, 0) is 33.3 Å². The molecule has 0 aromatic rings. The molecule has 0 radical (unpaired) electrons. The second-order valence-corrected chi connectivity index (χ2v) is 25.9. The molecule has 1 N–H and O–H groups in total. The van der Waals surface area contributed by atoms with Crippen LogP contribution in [0.4, 0.5) is 0 Å². The second kappa shape index (κ2) is 68.4. The van der Waals surface area contributed by atoms with Crippen molar-refractivity contribution < 1.29 is 42.9 Å². The number of esters is 2. The highest BCUT2D eigenvalue weighted by Gasteiger charge is 2.25. The van der Waals surface area contributed by atoms with Crippen molar-refractivity contribution in [2.24, 2.45) is 0 Å². The number of carboxylic acids is 1. The van der Waals surface area contributed by atoms with E-state index in [0.717, 1.165) is 83.5 Å². The molecule has 0 aliphatic rings. The van der Waals surface area contributed by atoms with Gasteiger partial charge in [0.25, 0.3) is 6.29 Å². The van der Waals surface area contributed by atoms with Crippen LogP contribution in [0, 0.1) is 0 Å². The summed E-state index contributed by atoms with van der Waals surface area (Å²) in [4.78, 5) is 37.6. The largest absolute Gasteiger partial charge is 0.477 e. The van der Waals surface area contributed by atoms with Crippen LogP contribution in [-0.4, -0.2) is 87.4 Å². The molecule has 0 aliphatic heterocycles. The minimum absolute atomic E-state index is 0.183. The van der Waals surface area contributed by atoms with E-state index in [9.17, 15) is 19.5 Å². The van der Waals surface area contributed by atoms with E-state index < -0.39 is 24.3 Å². The molecule has 0 aromatic carbocycles. The molecule has 0 saturated heterocycles. The quantitative estimate of drug-likeness (QED) is 0.0211. The molecular formula is C78H140NO8+. The van der Waals surface area contributed by atoms with E-state index >= 15 is 0 Å². The summed E-state index contributed by atoms with van der Waals surface area (Å²) < 4.78 is 23.0. The number of rotatable bonds is 68. The van der Waals surface area contributed by atoms with Gasteiger partial charge in [0.05, 0.1) is 34.4 Å². The van der Waals surface area contributed by atoms with Crippen molar-refractivity contribution in [2.75, 3.05) is 47.5 Å². The lowest BCUT2D eigenvalue weighted by atomic mass is 10.0. The number of likely N-dealkylation sites (N-methyl/N-ethyl adjacent to an activating group) is 1. The third-order valence-corrected chi connectivity index (χ3v) is 16.1. The molecule has 0 aromatic heterocycles. The monoisotopic (exact) mass is 1220 g/mol. The Morgan fingerprint density at radius 3 is 0.977 bits per heavy atom. The highest BCUT2D eigenvalue weighted by molar-refractivity contribution is 5.71. The Kier molecular flexibility index (Phi) is 65.6. The average Bonchev–Trinajstić information content (AvgIpc) is 3.50. The molecule has 87 heavy (non-hydrogen) atoms. The summed E-state index contributed by atoms with van der Waals surface area (Å²) in [5.74, 6) is -2.01. The summed E-state index contributed by atoms with van der Waals surface area (Å²) >= 11 is 0. The SMILES string of the molecule is CC/C=C\C/C=C\C/C=C\C/C=C\C/C=C\CCCCCCCCCC(=O)OC(COC(=O)CCCCCCCCCCCCCCCCCCCCCCCCCCCCC/C=C\C/C=C\CCCCCCC)COC(OCC[N+](C)(C)C)C(=O)O. The molecule has 504 valence electrons. The van der Waals surface area contributed by atoms with Crippen molar-refractivity contribution in [3.63, 3.8) is 0 Å². The fourth-order valence-electron chi connectivity index (χ4n) is 10.5. The Morgan fingerprint density at radius 1 is 0.356 bits per heavy atom. The first-order valence-corrected chi connectivity index (χ1v) is 36.8. The minimum Gasteiger partial charge on any atom is -0.477 e. The topological polar surface area (TPSA) is 108 Å². The molecule has 9 heteroatoms. The number of hydrogen-bond acceptors (Lipinski definition) is 7. The zero-order chi connectivity index (χ0) is 63.3. The molecule has 9 nitrogen and oxygen atoms in total. The van der Waals surface area contributed by atoms with Crippen molar-refractivity contribution >= 4 is 17.9 Å². The minimum atomic E-state index is -1.52. The van der Waals surface area contributed by atoms with Gasteiger partial charge in [0.2, 0.25) is 0 Å². The Balaban J connectivity index is 4.00. The third kappa shape index (κ3) is 69.8. The predicted molar refractivity (Wildman–Crippen MR) is 373 cm³/mol. The number of carbonyl (C=O) groups excluding carboxylic acids is 2. The first kappa shape index (κ1) is 83.5. The number of carbonyl (C=O) groups is 3. The van der Waals surface area contributed by atoms with Crippen molar-refractivity contribution in [2.45, 2.75) is 347 Å². The number of ether oxygens (including phenoxy) is 4. The van der Waals surface area contributed by atoms with Crippen molar-refractivity contribution in [1.82, 2.24) is 0 Å². The maximum Gasteiger partial charge on any atom is 0.361 e. The molecule has 2 atom stereocenters. The number of allylic oxidation sites excluding steroid dienone is 14. The van der Waals surface area contributed by atoms with Crippen LogP contribution in [0.5, 0.6) is 0 Å². The van der Waals surface area contributed by atoms with E-state index in [0.29, 0.717) is 23.9 Å². The molecule has 2 unspecified atom stereocenters. The number of unbranched alkanes of at least 4 members (excludes halogenated alkanes) is 39. The summed E-state index contributed by atoms with van der Waals surface area (Å²) in [6, 6.07) is 0. The first-order chi connectivity index (χ1) is 42.6. The highest BCUT2D eigenvalue weighted by atomic mass is 16.7. The number of quaternary nitrogens is 1. The molecule has 0 spiro atoms. The standard InChI is InChI=1S/C78H139NO8/c1-6-8-10-12-14-16-18-20-22-24-26-28-30-31-32-33-34-35-36-37-38-39-40-41-42-43-44-45-47-48-50-52-54-56-58-60-62-64-66-68-75(80)85-72-74(73-86-78(77(82)83)84-71-70-79(3,4)5)87-76(81)69-67-65-63-61-59-57-55-53-51-49-46-29-27-25-23-21-19-17-15-13-11-9-7-2/h9,11,15,17-18,20-21,23-24,26-27,29,49,51,74,78H,6-8,10,12-14,16,19,22,25,28,30-48,50,52-73H2,1-5H3/p+1/b11-9-,17-15-,20-18-,23-21-,26-24-,29-27-,51-49-. The molecule has 0 aliphatic carbocycles. The number of aliphatic carboxylic acids is 1. The van der Waals surface area contributed by atoms with E-state index in [1.165, 1.54) is 218 Å². The van der Waals surface area contributed by atoms with E-state index in [2.05, 4.69) is 98.9 Å². The van der Waals surface area contributed by atoms with Gasteiger partial charge in [-0.25, -0.2) is 4.79 Å². The van der Waals surface area contributed by atoms with E-state index in [-0.39, 0.29) is 32.2 Å². The van der Waals surface area contributed by atoms with Crippen LogP contribution < -0.4 is 0 Å². The summed E-state index contributed by atoms with van der Waals surface area (Å²) in [7, 11) is 5.98. The molecule has 0 fully saturated rings. The van der Waals surface area contributed by atoms with E-state index in [1.54, 1.807) is 0 Å². The first-order valence-electron chi connectivity index (χ1n) is 36.8. The van der Waals surface area contributed by atoms with Gasteiger partial charge in [-0.1, -0.05) is 317 Å². The summed E-state index contributed by atoms with van der Waals surface area (Å²) in [5, 5.41) is 9.75. The predicted octanol–water partition coefficient (Wildman–Crippen LogP) is 23.0. The van der Waals surface area contributed by atoms with Gasteiger partial charge in [-0.15, -0.1) is 0 Å². The van der Waals surface area contributed by atoms with Crippen LogP contribution in [0.1, 0.15) is 335 Å². The molecule has 0 rings (SSSR count). The number of nitrogens with zero attached hydrogens (tertiary/aromatic N) is 1. The fraction of sp³-hybridized carbons (Fsp3) is 0.782. The van der Waals surface area contributed by atoms with Gasteiger partial charge in [-0.2, -0.15) is 0 Å². The third-order valence-electron chi connectivity index (χ3n) is 16.1. The lowest BCUT2D eigenvalue weighted by molar-refractivity contribution is -0.870. The maximum absolute atomic E-state index is 12.9. The van der Waals surface area contributed by atoms with Gasteiger partial charge in [0.1, 0.15) is 13.2 Å². The average molecular weight is 1220 g/mol. The Hall–Kier alpha value is -3.53. The van der Waals surface area contributed by atoms with Crippen LogP contribution in [0.15, 0.2) is 85.1 Å². The normalized spacial score (nSPS) is 13.2. The number of carboxylic acid groups (broad SMARTS) is 1. The summed E-state index contributed by atoms with van der Waals surface area (Å²) in [5.41, 5.74) is 0. The van der Waals surface area contributed by atoms with Crippen molar-refractivity contribution in [3.05, 3.63) is 85.1 Å². The van der Waals surface area contributed by atoms with Crippen LogP contribution >= 0.6 is 0 Å². The molecule has 0 heterocycles. The summed E-state index contributed by atoms with van der Waals surface area (Å²) in [6.07, 6.45) is 90.1. The van der Waals surface area contributed by atoms with Crippen LogP contribution in [0.3, 0.4) is 0 Å². The lowest BCUT2D eigenvalue weighted by Crippen LogP contribution is -2.40. The van der Waals surface area contributed by atoms with E-state index in [1.807, 2.05) is 21.1 Å². The lowest BCUT2D eigenvalue weighted by Gasteiger charge is -2.25. The molecular weight excluding hydrogens is 1080 g/mol. The second-order valence-electron chi connectivity index (χ2n) is 25.9. The van der Waals surface area contributed by atoms with Crippen LogP contribution in [0.25, 0.3) is 0 Å². The number of hydrogen-bond donors (Lipinski definition) is 1. The van der Waals surface area contributed by atoms with Gasteiger partial charge < -0.3 is 28.5 Å². The zero-order valence-corrected chi connectivity index (χ0v) is 57.7. The van der Waals surface area contributed by atoms with Gasteiger partial charge in [-0.3, -0.25) is 9.59 Å². The van der Waals surface area contributed by atoms with Gasteiger partial charge in [0, 0.05) is 12.8 Å². The molecule has 0 bridgehead atoms. The highest BCUT2D eigenvalue weighted by Crippen LogP contribution is 2.18. The maximum atomic E-state index is 12.9. The molecule has 0 saturated carbocycles. The van der Waals surface area contributed by atoms with Crippen LogP contribution in [0.2, 0.25) is 0 Å². The molecule has 0 amide bonds. The fourth-order valence-corrected chi connectivity index (χ4v) is 10.5. The van der Waals surface area contributed by atoms with Crippen molar-refractivity contribution in [1.29, 1.82) is 0 Å². The summed E-state index contributed by atoms with van der Waals surface area (Å²) in [6.45, 7) is 4.77. The zero-order valence-electron chi connectivity index (χ0n) is 57.7. The van der Waals surface area contributed by atoms with Gasteiger partial charge >= 0.3 is 17.9 Å². The van der Waals surface area contributed by atoms with Gasteiger partial charge in [0.15, 0.2) is 6.10 Å². The van der Waals surface area contributed by atoms with Gasteiger partial charge in [-0.05, 0) is 89.9 Å². The van der Waals surface area contributed by atoms with E-state index in [4.69, 9.17) is 18.9 Å².